The minimum atomic E-state index is -1.76. The van der Waals surface area contributed by atoms with Crippen LogP contribution < -0.4 is 38.1 Å². The SMILES string of the molecule is C[C@@H](O)[C@H](NC(=O)[C@@H]1CCCN1C(=O)[C@@H](NC(=O)[C@H](Cc1ccccc1)NC(=O)[C@@H](N)CCC(=O)O)[C@@H](C)O)C(=O)N[C@@H](CCC(=O)O)C(=O)N[C@@H](CCCCN)C(=O)O. The Balaban J connectivity index is 2.26. The Labute approximate surface area is 346 Å². The molecule has 1 heterocycles. The van der Waals surface area contributed by atoms with Crippen molar-refractivity contribution in [2.45, 2.75) is 133 Å². The number of benzene rings is 1. The zero-order valence-corrected chi connectivity index (χ0v) is 33.6. The second kappa shape index (κ2) is 25.0. The third-order valence-electron chi connectivity index (χ3n) is 9.71. The molecular weight excluding hydrogens is 792 g/mol. The molecule has 60 heavy (non-hydrogen) atoms. The first kappa shape index (κ1) is 50.4. The highest BCUT2D eigenvalue weighted by Gasteiger charge is 2.42. The molecule has 0 aliphatic carbocycles. The molecule has 1 aromatic carbocycles. The molecule has 6 amide bonds. The molecule has 0 aromatic heterocycles. The van der Waals surface area contributed by atoms with Crippen molar-refractivity contribution in [1.29, 1.82) is 0 Å². The molecule has 1 aromatic rings. The lowest BCUT2D eigenvalue weighted by molar-refractivity contribution is -0.145. The monoisotopic (exact) mass is 850 g/mol. The van der Waals surface area contributed by atoms with E-state index < -0.39 is 127 Å². The average molecular weight is 851 g/mol. The number of nitrogens with one attached hydrogen (secondary N) is 5. The van der Waals surface area contributed by atoms with Gasteiger partial charge in [0.15, 0.2) is 0 Å². The summed E-state index contributed by atoms with van der Waals surface area (Å²) in [6, 6.07) is -1.86. The Morgan fingerprint density at radius 1 is 0.700 bits per heavy atom. The van der Waals surface area contributed by atoms with Crippen LogP contribution in [0.3, 0.4) is 0 Å². The van der Waals surface area contributed by atoms with Crippen molar-refractivity contribution >= 4 is 53.4 Å². The first-order valence-electron chi connectivity index (χ1n) is 19.6. The first-order valence-corrected chi connectivity index (χ1v) is 19.6. The molecule has 0 spiro atoms. The number of likely N-dealkylation sites (tertiary alicyclic amines) is 1. The number of carbonyl (C=O) groups is 9. The van der Waals surface area contributed by atoms with E-state index in [0.29, 0.717) is 18.4 Å². The van der Waals surface area contributed by atoms with Crippen LogP contribution in [-0.2, 0) is 49.6 Å². The minimum Gasteiger partial charge on any atom is -0.481 e. The Kier molecular flexibility index (Phi) is 21.0. The van der Waals surface area contributed by atoms with Gasteiger partial charge in [-0.1, -0.05) is 30.3 Å². The number of unbranched alkanes of at least 4 members (excludes halogenated alkanes) is 1. The Hall–Kier alpha value is -5.71. The number of carboxylic acids is 3. The summed E-state index contributed by atoms with van der Waals surface area (Å²) in [6.45, 7) is 2.61. The maximum Gasteiger partial charge on any atom is 0.326 e. The maximum atomic E-state index is 14.0. The molecule has 2 rings (SSSR count). The van der Waals surface area contributed by atoms with Gasteiger partial charge in [0, 0.05) is 25.8 Å². The third-order valence-corrected chi connectivity index (χ3v) is 9.71. The van der Waals surface area contributed by atoms with E-state index in [2.05, 4.69) is 26.6 Å². The minimum absolute atomic E-state index is 0.00382. The van der Waals surface area contributed by atoms with E-state index in [-0.39, 0.29) is 45.2 Å². The molecule has 0 radical (unpaired) electrons. The van der Waals surface area contributed by atoms with Gasteiger partial charge in [-0.15, -0.1) is 0 Å². The number of carboxylic acid groups (broad SMARTS) is 3. The lowest BCUT2D eigenvalue weighted by atomic mass is 10.0. The van der Waals surface area contributed by atoms with Crippen LogP contribution in [0, 0.1) is 0 Å². The lowest BCUT2D eigenvalue weighted by Crippen LogP contribution is -2.62. The van der Waals surface area contributed by atoms with Gasteiger partial charge in [0.05, 0.1) is 18.2 Å². The molecule has 0 bridgehead atoms. The standard InChI is InChI=1S/C38H58N8O14/c1-20(47)30(36(57)41-24(14-16-29(51)52)33(54)42-25(38(59)60)11-6-7-17-39)44-35(56)27-12-8-18-46(27)37(58)31(21(2)48)45-34(55)26(19-22-9-4-3-5-10-22)43-32(53)23(40)13-15-28(49)50/h3-5,9-10,20-21,23-27,30-31,47-48H,6-8,11-19,39-40H2,1-2H3,(H,41,57)(H,42,54)(H,43,53)(H,44,56)(H,45,55)(H,49,50)(H,51,52)(H,59,60)/t20-,21-,23+,24+,25+,26+,27+,30+,31+/m1/s1. The van der Waals surface area contributed by atoms with Crippen molar-refractivity contribution in [3.8, 4) is 0 Å². The van der Waals surface area contributed by atoms with Crippen molar-refractivity contribution in [2.24, 2.45) is 11.5 Å². The normalized spacial score (nSPS) is 17.6. The van der Waals surface area contributed by atoms with Crippen molar-refractivity contribution in [3.63, 3.8) is 0 Å². The maximum absolute atomic E-state index is 14.0. The average Bonchev–Trinajstić information content (AvgIpc) is 3.69. The van der Waals surface area contributed by atoms with Crippen molar-refractivity contribution in [3.05, 3.63) is 35.9 Å². The molecule has 1 aliphatic heterocycles. The van der Waals surface area contributed by atoms with Crippen LogP contribution in [0.15, 0.2) is 30.3 Å². The van der Waals surface area contributed by atoms with Gasteiger partial charge in [0.25, 0.3) is 0 Å². The molecule has 9 atom stereocenters. The van der Waals surface area contributed by atoms with E-state index in [0.717, 1.165) is 11.8 Å². The zero-order valence-electron chi connectivity index (χ0n) is 33.6. The molecular formula is C38H58N8O14. The van der Waals surface area contributed by atoms with Gasteiger partial charge >= 0.3 is 17.9 Å². The highest BCUT2D eigenvalue weighted by Crippen LogP contribution is 2.20. The number of hydrogen-bond donors (Lipinski definition) is 12. The van der Waals surface area contributed by atoms with Crippen LogP contribution in [-0.4, -0.2) is 151 Å². The number of aliphatic carboxylic acids is 3. The van der Waals surface area contributed by atoms with Crippen molar-refractivity contribution in [1.82, 2.24) is 31.5 Å². The summed E-state index contributed by atoms with van der Waals surface area (Å²) in [5, 5.41) is 60.9. The molecule has 0 saturated carbocycles. The Morgan fingerprint density at radius 3 is 1.83 bits per heavy atom. The predicted molar refractivity (Wildman–Crippen MR) is 210 cm³/mol. The van der Waals surface area contributed by atoms with Gasteiger partial charge in [0.2, 0.25) is 35.4 Å². The predicted octanol–water partition coefficient (Wildman–Crippen LogP) is -3.32. The highest BCUT2D eigenvalue weighted by molar-refractivity contribution is 5.97. The third kappa shape index (κ3) is 16.5. The van der Waals surface area contributed by atoms with Crippen molar-refractivity contribution in [2.75, 3.05) is 13.1 Å². The molecule has 1 aliphatic rings. The van der Waals surface area contributed by atoms with E-state index in [1.807, 2.05) is 0 Å². The van der Waals surface area contributed by atoms with Crippen LogP contribution >= 0.6 is 0 Å². The fourth-order valence-electron chi connectivity index (χ4n) is 6.35. The summed E-state index contributed by atoms with van der Waals surface area (Å²) in [5.41, 5.74) is 11.9. The van der Waals surface area contributed by atoms with Gasteiger partial charge in [-0.3, -0.25) is 38.4 Å². The van der Waals surface area contributed by atoms with Gasteiger partial charge in [-0.25, -0.2) is 4.79 Å². The number of amides is 6. The second-order valence-electron chi connectivity index (χ2n) is 14.6. The molecule has 1 saturated heterocycles. The van der Waals surface area contributed by atoms with Gasteiger partial charge in [0.1, 0.15) is 36.3 Å². The van der Waals surface area contributed by atoms with Gasteiger partial charge < -0.3 is 68.5 Å². The number of nitrogens with two attached hydrogens (primary N) is 2. The molecule has 334 valence electrons. The second-order valence-corrected chi connectivity index (χ2v) is 14.6. The lowest BCUT2D eigenvalue weighted by Gasteiger charge is -2.32. The zero-order chi connectivity index (χ0) is 45.1. The fourth-order valence-corrected chi connectivity index (χ4v) is 6.35. The van der Waals surface area contributed by atoms with Crippen LogP contribution in [0.4, 0.5) is 0 Å². The van der Waals surface area contributed by atoms with E-state index in [1.165, 1.54) is 6.92 Å². The quantitative estimate of drug-likeness (QED) is 0.0406. The fraction of sp³-hybridized carbons (Fsp3) is 0.605. The number of carbonyl (C=O) groups excluding carboxylic acids is 6. The molecule has 0 unspecified atom stereocenters. The van der Waals surface area contributed by atoms with Crippen molar-refractivity contribution < 1.29 is 68.7 Å². The van der Waals surface area contributed by atoms with Crippen LogP contribution in [0.2, 0.25) is 0 Å². The molecule has 22 heteroatoms. The van der Waals surface area contributed by atoms with Crippen LogP contribution in [0.5, 0.6) is 0 Å². The molecule has 14 N–H and O–H groups in total. The summed E-state index contributed by atoms with van der Waals surface area (Å²) in [7, 11) is 0. The van der Waals surface area contributed by atoms with E-state index in [4.69, 9.17) is 16.6 Å². The van der Waals surface area contributed by atoms with E-state index in [1.54, 1.807) is 30.3 Å². The van der Waals surface area contributed by atoms with E-state index in [9.17, 15) is 63.6 Å². The summed E-state index contributed by atoms with van der Waals surface area (Å²) < 4.78 is 0. The highest BCUT2D eigenvalue weighted by atomic mass is 16.4. The summed E-state index contributed by atoms with van der Waals surface area (Å²) >= 11 is 0. The van der Waals surface area contributed by atoms with E-state index >= 15 is 0 Å². The molecule has 1 fully saturated rings. The van der Waals surface area contributed by atoms with Gasteiger partial charge in [-0.2, -0.15) is 0 Å². The van der Waals surface area contributed by atoms with Crippen LogP contribution in [0.25, 0.3) is 0 Å². The first-order chi connectivity index (χ1) is 28.3. The smallest absolute Gasteiger partial charge is 0.326 e. The summed E-state index contributed by atoms with van der Waals surface area (Å²) in [4.78, 5) is 116. The largest absolute Gasteiger partial charge is 0.481 e. The topological polar surface area (TPSA) is 370 Å². The number of rotatable bonds is 26. The van der Waals surface area contributed by atoms with Crippen LogP contribution in [0.1, 0.15) is 77.2 Å². The summed E-state index contributed by atoms with van der Waals surface area (Å²) in [6.07, 6.45) is -3.83. The number of aliphatic hydroxyl groups is 2. The van der Waals surface area contributed by atoms with Gasteiger partial charge in [-0.05, 0) is 70.9 Å². The number of aliphatic hydroxyl groups excluding tert-OH is 2. The Morgan fingerprint density at radius 2 is 1.27 bits per heavy atom. The number of nitrogens with zero attached hydrogens (tertiary/aromatic N) is 1. The Bertz CT molecular complexity index is 1660. The molecule has 22 nitrogen and oxygen atoms in total. The summed E-state index contributed by atoms with van der Waals surface area (Å²) in [5.74, 6) is -9.61. The number of hydrogen-bond acceptors (Lipinski definition) is 13.